The van der Waals surface area contributed by atoms with Gasteiger partial charge in [0.05, 0.1) is 24.2 Å². The Bertz CT molecular complexity index is 1160. The number of carbonyl (C=O) groups excluding carboxylic acids is 1. The van der Waals surface area contributed by atoms with E-state index in [1.165, 1.54) is 7.11 Å². The number of alkyl halides is 3. The van der Waals surface area contributed by atoms with E-state index in [1.54, 1.807) is 42.6 Å². The summed E-state index contributed by atoms with van der Waals surface area (Å²) in [5.74, 6) is -1.67. The lowest BCUT2D eigenvalue weighted by Gasteiger charge is -2.15. The Morgan fingerprint density at radius 1 is 1.23 bits per heavy atom. The molecule has 3 aromatic rings. The van der Waals surface area contributed by atoms with Crippen molar-refractivity contribution >= 4 is 27.6 Å². The second kappa shape index (κ2) is 8.22. The number of nitrogens with zero attached hydrogens (tertiary/aromatic N) is 5. The SMILES string of the molecule is COC(=O)CC[C@@H]1N=C(c2ccccn2)c2cc(Br)ccc2-n2c1nnc2C(F)(F)F. The normalized spacial score (nSPS) is 15.5. The zero-order valence-corrected chi connectivity index (χ0v) is 17.7. The topological polar surface area (TPSA) is 82.3 Å². The molecule has 0 spiro atoms. The molecule has 160 valence electrons. The largest absolute Gasteiger partial charge is 0.469 e. The number of fused-ring (bicyclic) bond motifs is 3. The number of esters is 1. The number of hydrogen-bond donors (Lipinski definition) is 0. The van der Waals surface area contributed by atoms with Gasteiger partial charge in [0.1, 0.15) is 6.04 Å². The number of rotatable bonds is 4. The lowest BCUT2D eigenvalue weighted by Crippen LogP contribution is -2.17. The van der Waals surface area contributed by atoms with Crippen LogP contribution in [0.2, 0.25) is 0 Å². The van der Waals surface area contributed by atoms with E-state index < -0.39 is 24.0 Å². The van der Waals surface area contributed by atoms with Crippen molar-refractivity contribution in [1.82, 2.24) is 19.7 Å². The van der Waals surface area contributed by atoms with Crippen LogP contribution in [0.1, 0.15) is 41.8 Å². The molecule has 1 aliphatic heterocycles. The Kier molecular flexibility index (Phi) is 5.61. The molecule has 0 saturated carbocycles. The molecule has 0 N–H and O–H groups in total. The van der Waals surface area contributed by atoms with Crippen LogP contribution >= 0.6 is 15.9 Å². The maximum absolute atomic E-state index is 13.8. The van der Waals surface area contributed by atoms with E-state index >= 15 is 0 Å². The van der Waals surface area contributed by atoms with Crippen LogP contribution in [0.15, 0.2) is 52.1 Å². The minimum atomic E-state index is -4.74. The van der Waals surface area contributed by atoms with Gasteiger partial charge in [-0.25, -0.2) is 0 Å². The molecule has 0 amide bonds. The van der Waals surface area contributed by atoms with Crippen LogP contribution in [0.5, 0.6) is 0 Å². The van der Waals surface area contributed by atoms with Crippen molar-refractivity contribution in [2.45, 2.75) is 25.1 Å². The Balaban J connectivity index is 1.98. The smallest absolute Gasteiger partial charge is 0.452 e. The highest BCUT2D eigenvalue weighted by atomic mass is 79.9. The van der Waals surface area contributed by atoms with E-state index in [0.29, 0.717) is 21.4 Å². The minimum absolute atomic E-state index is 0.00858. The van der Waals surface area contributed by atoms with Gasteiger partial charge in [-0.05, 0) is 36.8 Å². The fourth-order valence-electron chi connectivity index (χ4n) is 3.37. The Morgan fingerprint density at radius 3 is 2.71 bits per heavy atom. The third kappa shape index (κ3) is 4.09. The van der Waals surface area contributed by atoms with Crippen molar-refractivity contribution in [3.8, 4) is 5.69 Å². The van der Waals surface area contributed by atoms with Gasteiger partial charge in [-0.3, -0.25) is 19.3 Å². The van der Waals surface area contributed by atoms with E-state index in [9.17, 15) is 18.0 Å². The maximum Gasteiger partial charge on any atom is 0.452 e. The van der Waals surface area contributed by atoms with Gasteiger partial charge in [-0.1, -0.05) is 22.0 Å². The Hall–Kier alpha value is -3.08. The summed E-state index contributed by atoms with van der Waals surface area (Å²) < 4.78 is 47.6. The molecule has 1 aliphatic rings. The highest BCUT2D eigenvalue weighted by molar-refractivity contribution is 9.10. The van der Waals surface area contributed by atoms with Crippen molar-refractivity contribution < 1.29 is 22.7 Å². The summed E-state index contributed by atoms with van der Waals surface area (Å²) in [5, 5.41) is 7.22. The molecule has 7 nitrogen and oxygen atoms in total. The lowest BCUT2D eigenvalue weighted by molar-refractivity contribution is -0.146. The van der Waals surface area contributed by atoms with Crippen molar-refractivity contribution in [2.75, 3.05) is 7.11 Å². The summed E-state index contributed by atoms with van der Waals surface area (Å²) in [4.78, 5) is 20.8. The Morgan fingerprint density at radius 2 is 2.03 bits per heavy atom. The molecule has 0 unspecified atom stereocenters. The average molecular weight is 494 g/mol. The first kappa shape index (κ1) is 21.2. The average Bonchev–Trinajstić information content (AvgIpc) is 3.15. The molecular weight excluding hydrogens is 479 g/mol. The molecule has 2 aromatic heterocycles. The van der Waals surface area contributed by atoms with E-state index in [2.05, 4.69) is 35.8 Å². The summed E-state index contributed by atoms with van der Waals surface area (Å²) in [7, 11) is 1.25. The molecule has 0 radical (unpaired) electrons. The van der Waals surface area contributed by atoms with Gasteiger partial charge in [-0.2, -0.15) is 13.2 Å². The zero-order valence-electron chi connectivity index (χ0n) is 16.1. The zero-order chi connectivity index (χ0) is 22.2. The van der Waals surface area contributed by atoms with Gasteiger partial charge in [0.2, 0.25) is 5.82 Å². The molecule has 0 saturated heterocycles. The van der Waals surface area contributed by atoms with Gasteiger partial charge in [0, 0.05) is 22.7 Å². The molecule has 1 aromatic carbocycles. The van der Waals surface area contributed by atoms with Crippen molar-refractivity contribution in [1.29, 1.82) is 0 Å². The highest BCUT2D eigenvalue weighted by Gasteiger charge is 2.41. The molecule has 3 heterocycles. The van der Waals surface area contributed by atoms with Crippen molar-refractivity contribution in [3.05, 3.63) is 70.0 Å². The number of pyridine rings is 1. The minimum Gasteiger partial charge on any atom is -0.469 e. The number of aromatic nitrogens is 4. The van der Waals surface area contributed by atoms with Crippen LogP contribution in [0.25, 0.3) is 5.69 Å². The number of carbonyl (C=O) groups is 1. The summed E-state index contributed by atoms with van der Waals surface area (Å²) >= 11 is 3.38. The first-order valence-electron chi connectivity index (χ1n) is 9.18. The molecule has 0 aliphatic carbocycles. The van der Waals surface area contributed by atoms with E-state index in [1.807, 2.05) is 0 Å². The standard InChI is InChI=1S/C20H15BrF3N5O2/c1-31-16(30)8-6-14-18-27-28-19(20(22,23)24)29(18)15-7-5-11(21)10-12(15)17(26-14)13-4-2-3-9-25-13/h2-5,7,9-10,14H,6,8H2,1H3/t14-/m0/s1. The highest BCUT2D eigenvalue weighted by Crippen LogP contribution is 2.38. The quantitative estimate of drug-likeness (QED) is 0.506. The molecular formula is C20H15BrF3N5O2. The van der Waals surface area contributed by atoms with Gasteiger partial charge in [0.25, 0.3) is 0 Å². The van der Waals surface area contributed by atoms with Crippen molar-refractivity contribution in [3.63, 3.8) is 0 Å². The molecule has 11 heteroatoms. The number of halogens is 4. The predicted molar refractivity (Wildman–Crippen MR) is 108 cm³/mol. The number of benzene rings is 1. The Labute approximate surface area is 183 Å². The summed E-state index contributed by atoms with van der Waals surface area (Å²) in [6.07, 6.45) is -3.12. The fraction of sp³-hybridized carbons (Fsp3) is 0.250. The van der Waals surface area contributed by atoms with Gasteiger partial charge < -0.3 is 4.74 Å². The molecule has 31 heavy (non-hydrogen) atoms. The fourth-order valence-corrected chi connectivity index (χ4v) is 3.73. The summed E-state index contributed by atoms with van der Waals surface area (Å²) in [6.45, 7) is 0. The number of aliphatic imine (C=N–C) groups is 1. The molecule has 4 rings (SSSR count). The molecule has 0 bridgehead atoms. The van der Waals surface area contributed by atoms with Crippen LogP contribution in [0.3, 0.4) is 0 Å². The van der Waals surface area contributed by atoms with E-state index in [4.69, 9.17) is 4.99 Å². The molecule has 1 atom stereocenters. The van der Waals surface area contributed by atoms with Crippen LogP contribution in [-0.4, -0.2) is 38.5 Å². The summed E-state index contributed by atoms with van der Waals surface area (Å²) in [6, 6.07) is 9.20. The first-order valence-corrected chi connectivity index (χ1v) is 9.97. The van der Waals surface area contributed by atoms with Crippen molar-refractivity contribution in [2.24, 2.45) is 4.99 Å². The van der Waals surface area contributed by atoms with Gasteiger partial charge in [-0.15, -0.1) is 10.2 Å². The van der Waals surface area contributed by atoms with Gasteiger partial charge >= 0.3 is 12.1 Å². The number of methoxy groups -OCH3 is 1. The monoisotopic (exact) mass is 493 g/mol. The number of ether oxygens (including phenoxy) is 1. The summed E-state index contributed by atoms with van der Waals surface area (Å²) in [5.41, 5.74) is 1.53. The van der Waals surface area contributed by atoms with Crippen LogP contribution in [0.4, 0.5) is 13.2 Å². The van der Waals surface area contributed by atoms with Crippen LogP contribution in [0, 0.1) is 0 Å². The van der Waals surface area contributed by atoms with Crippen LogP contribution in [-0.2, 0) is 15.7 Å². The number of hydrogen-bond acceptors (Lipinski definition) is 6. The third-order valence-corrected chi connectivity index (χ3v) is 5.23. The molecule has 0 fully saturated rings. The van der Waals surface area contributed by atoms with E-state index in [0.717, 1.165) is 4.57 Å². The van der Waals surface area contributed by atoms with Crippen LogP contribution < -0.4 is 0 Å². The second-order valence-corrected chi connectivity index (χ2v) is 7.62. The third-order valence-electron chi connectivity index (χ3n) is 4.74. The maximum atomic E-state index is 13.8. The second-order valence-electron chi connectivity index (χ2n) is 6.70. The predicted octanol–water partition coefficient (Wildman–Crippen LogP) is 4.29. The van der Waals surface area contributed by atoms with Gasteiger partial charge in [0.15, 0.2) is 5.82 Å². The lowest BCUT2D eigenvalue weighted by atomic mass is 10.0. The first-order chi connectivity index (χ1) is 14.8. The van der Waals surface area contributed by atoms with E-state index in [-0.39, 0.29) is 24.4 Å².